The summed E-state index contributed by atoms with van der Waals surface area (Å²) in [6.45, 7) is 1.52. The summed E-state index contributed by atoms with van der Waals surface area (Å²) in [7, 11) is 0. The first-order valence-electron chi connectivity index (χ1n) is 22.8. The molecule has 0 spiro atoms. The maximum absolute atomic E-state index is 14.0. The van der Waals surface area contributed by atoms with Gasteiger partial charge in [-0.1, -0.05) is 0 Å². The van der Waals surface area contributed by atoms with Crippen LogP contribution in [0, 0.1) is 0 Å². The summed E-state index contributed by atoms with van der Waals surface area (Å²) in [6, 6.07) is -9.42. The number of carbonyl (C=O) groups excluding carboxylic acids is 7. The molecule has 26 N–H and O–H groups in total. The molecule has 0 rings (SSSR count). The highest BCUT2D eigenvalue weighted by Crippen LogP contribution is 2.09. The molecular formula is C40H82N16O9. The molecule has 0 saturated heterocycles. The van der Waals surface area contributed by atoms with E-state index in [4.69, 9.17) is 51.6 Å². The van der Waals surface area contributed by atoms with Gasteiger partial charge in [0, 0.05) is 0 Å². The van der Waals surface area contributed by atoms with Crippen LogP contribution in [0.3, 0.4) is 0 Å². The zero-order valence-corrected chi connectivity index (χ0v) is 38.0. The van der Waals surface area contributed by atoms with E-state index in [-0.39, 0.29) is 110 Å². The van der Waals surface area contributed by atoms with Crippen LogP contribution >= 0.6 is 0 Å². The molecule has 0 radical (unpaired) electrons. The summed E-state index contributed by atoms with van der Waals surface area (Å²) in [5.74, 6) is -6.33. The molecule has 25 nitrogen and oxygen atoms in total. The second-order valence-electron chi connectivity index (χ2n) is 15.8. The monoisotopic (exact) mass is 931 g/mol. The number of aliphatic carboxylic acids is 1. The van der Waals surface area contributed by atoms with Gasteiger partial charge in [0.25, 0.3) is 0 Å². The minimum atomic E-state index is -1.28. The van der Waals surface area contributed by atoms with E-state index in [9.17, 15) is 43.5 Å². The van der Waals surface area contributed by atoms with Gasteiger partial charge in [-0.3, -0.25) is 33.6 Å². The Morgan fingerprint density at radius 3 is 0.662 bits per heavy atom. The lowest BCUT2D eigenvalue weighted by atomic mass is 10.0. The third-order valence-electron chi connectivity index (χ3n) is 10.3. The number of amides is 7. The van der Waals surface area contributed by atoms with Crippen molar-refractivity contribution in [2.24, 2.45) is 51.6 Å². The fraction of sp³-hybridized carbons (Fsp3) is 0.800. The quantitative estimate of drug-likeness (QED) is 0.0273. The van der Waals surface area contributed by atoms with Gasteiger partial charge in [-0.2, -0.15) is 0 Å². The molecule has 0 bridgehead atoms. The summed E-state index contributed by atoms with van der Waals surface area (Å²) in [6.07, 6.45) is 3.34. The lowest BCUT2D eigenvalue weighted by Gasteiger charge is -2.28. The van der Waals surface area contributed by atoms with Crippen LogP contribution in [0.4, 0.5) is 0 Å². The highest BCUT2D eigenvalue weighted by atomic mass is 16.4. The molecule has 0 aliphatic rings. The second kappa shape index (κ2) is 36.6. The molecular weight excluding hydrogens is 849 g/mol. The van der Waals surface area contributed by atoms with Crippen LogP contribution in [-0.2, 0) is 38.4 Å². The van der Waals surface area contributed by atoms with Gasteiger partial charge in [-0.15, -0.1) is 0 Å². The Kier molecular flexibility index (Phi) is 34.0. The van der Waals surface area contributed by atoms with Crippen molar-refractivity contribution in [1.29, 1.82) is 0 Å². The van der Waals surface area contributed by atoms with Gasteiger partial charge in [-0.25, -0.2) is 4.79 Å². The van der Waals surface area contributed by atoms with Crippen molar-refractivity contribution in [3.05, 3.63) is 0 Å². The Hall–Kier alpha value is -4.60. The average molecular weight is 931 g/mol. The van der Waals surface area contributed by atoms with Gasteiger partial charge >= 0.3 is 5.97 Å². The van der Waals surface area contributed by atoms with Crippen LogP contribution in [-0.4, -0.2) is 153 Å². The number of carbonyl (C=O) groups is 8. The minimum absolute atomic E-state index is 0.0265. The molecule has 0 fully saturated rings. The molecule has 0 aliphatic carbocycles. The van der Waals surface area contributed by atoms with E-state index in [0.29, 0.717) is 45.1 Å². The zero-order valence-electron chi connectivity index (χ0n) is 38.0. The number of nitrogens with one attached hydrogen (secondary N) is 7. The molecule has 0 aliphatic heterocycles. The third kappa shape index (κ3) is 25.6. The molecule has 0 saturated carbocycles. The number of rotatable bonds is 39. The molecule has 0 unspecified atom stereocenters. The number of hydrogen-bond acceptors (Lipinski definition) is 17. The summed E-state index contributed by atoms with van der Waals surface area (Å²) in [5, 5.41) is 28.0. The van der Waals surface area contributed by atoms with E-state index in [0.717, 1.165) is 0 Å². The van der Waals surface area contributed by atoms with Crippen LogP contribution in [0.1, 0.15) is 103 Å². The SMILES string of the molecule is NCCC[C@H](NC(=O)[C@H](CCCN)NC(=O)[C@H](CCCN)NC(=O)[C@H](CCCN)NC(=O)[C@H](CCCN)NC(=O)[C@H](CCCN)NC(=O)[C@H](CCCN)NC(=O)[C@@H](N)CCCN)C(=O)O. The summed E-state index contributed by atoms with van der Waals surface area (Å²) < 4.78 is 0. The molecule has 0 aromatic rings. The fourth-order valence-corrected chi connectivity index (χ4v) is 6.51. The first-order valence-corrected chi connectivity index (χ1v) is 22.8. The van der Waals surface area contributed by atoms with Gasteiger partial charge in [-0.05, 0) is 155 Å². The highest BCUT2D eigenvalue weighted by Gasteiger charge is 2.34. The van der Waals surface area contributed by atoms with Gasteiger partial charge < -0.3 is 93.9 Å². The molecule has 25 heteroatoms. The van der Waals surface area contributed by atoms with Crippen molar-refractivity contribution in [2.75, 3.05) is 52.4 Å². The Morgan fingerprint density at radius 1 is 0.292 bits per heavy atom. The Morgan fingerprint density at radius 2 is 0.462 bits per heavy atom. The highest BCUT2D eigenvalue weighted by molar-refractivity contribution is 5.97. The number of carboxylic acid groups (broad SMARTS) is 1. The lowest BCUT2D eigenvalue weighted by Crippen LogP contribution is -2.60. The standard InChI is InChI=1S/C40H82N16O9/c41-17-1-9-25(49)33(57)50-26(10-2-18-42)34(58)51-27(11-3-19-43)35(59)52-28(12-4-20-44)36(60)53-29(13-5-21-45)37(61)54-30(14-6-22-46)38(62)55-31(15-7-23-47)39(63)56-32(40(64)65)16-8-24-48/h25-32H,1-24,41-49H2,(H,50,57)(H,51,58)(H,52,59)(H,53,60)(H,54,61)(H,55,62)(H,56,63)(H,64,65)/t25-,26-,27-,28-,29-,30-,31-,32-/m0/s1. The Bertz CT molecular complexity index is 1430. The van der Waals surface area contributed by atoms with Gasteiger partial charge in [0.15, 0.2) is 0 Å². The van der Waals surface area contributed by atoms with E-state index in [1.54, 1.807) is 0 Å². The molecule has 65 heavy (non-hydrogen) atoms. The first kappa shape index (κ1) is 60.4. The van der Waals surface area contributed by atoms with Crippen LogP contribution in [0.2, 0.25) is 0 Å². The number of hydrogen-bond donors (Lipinski definition) is 17. The minimum Gasteiger partial charge on any atom is -0.480 e. The first-order chi connectivity index (χ1) is 31.1. The number of nitrogens with two attached hydrogens (primary N) is 9. The fourth-order valence-electron chi connectivity index (χ4n) is 6.51. The maximum Gasteiger partial charge on any atom is 0.326 e. The molecule has 0 heterocycles. The third-order valence-corrected chi connectivity index (χ3v) is 10.3. The second-order valence-corrected chi connectivity index (χ2v) is 15.8. The molecule has 376 valence electrons. The van der Waals surface area contributed by atoms with Crippen molar-refractivity contribution < 1.29 is 43.5 Å². The van der Waals surface area contributed by atoms with Crippen molar-refractivity contribution in [2.45, 2.75) is 151 Å². The van der Waals surface area contributed by atoms with E-state index in [2.05, 4.69) is 37.2 Å². The predicted octanol–water partition coefficient (Wildman–Crippen LogP) is -6.30. The van der Waals surface area contributed by atoms with Crippen LogP contribution in [0.15, 0.2) is 0 Å². The predicted molar refractivity (Wildman–Crippen MR) is 245 cm³/mol. The van der Waals surface area contributed by atoms with Crippen LogP contribution in [0.5, 0.6) is 0 Å². The Labute approximate surface area is 382 Å². The smallest absolute Gasteiger partial charge is 0.326 e. The summed E-state index contributed by atoms with van der Waals surface area (Å²) in [5.41, 5.74) is 51.5. The van der Waals surface area contributed by atoms with E-state index >= 15 is 0 Å². The van der Waals surface area contributed by atoms with E-state index in [1.165, 1.54) is 0 Å². The molecule has 8 atom stereocenters. The molecule has 0 aromatic carbocycles. The molecule has 0 aromatic heterocycles. The zero-order chi connectivity index (χ0) is 49.2. The van der Waals surface area contributed by atoms with Crippen molar-refractivity contribution in [1.82, 2.24) is 37.2 Å². The van der Waals surface area contributed by atoms with Gasteiger partial charge in [0.2, 0.25) is 41.4 Å². The molecule has 7 amide bonds. The van der Waals surface area contributed by atoms with E-state index in [1.807, 2.05) is 0 Å². The maximum atomic E-state index is 14.0. The average Bonchev–Trinajstić information content (AvgIpc) is 3.28. The van der Waals surface area contributed by atoms with Crippen LogP contribution in [0.25, 0.3) is 0 Å². The number of carboxylic acids is 1. The van der Waals surface area contributed by atoms with Crippen molar-refractivity contribution in [3.8, 4) is 0 Å². The largest absolute Gasteiger partial charge is 0.480 e. The lowest BCUT2D eigenvalue weighted by molar-refractivity contribution is -0.142. The van der Waals surface area contributed by atoms with Gasteiger partial charge in [0.1, 0.15) is 42.3 Å². The van der Waals surface area contributed by atoms with Crippen molar-refractivity contribution in [3.63, 3.8) is 0 Å². The van der Waals surface area contributed by atoms with Crippen molar-refractivity contribution >= 4 is 47.3 Å². The van der Waals surface area contributed by atoms with Gasteiger partial charge in [0.05, 0.1) is 6.04 Å². The summed E-state index contributed by atoms with van der Waals surface area (Å²) >= 11 is 0. The normalized spacial score (nSPS) is 14.8. The van der Waals surface area contributed by atoms with Crippen LogP contribution < -0.4 is 88.8 Å². The Balaban J connectivity index is 6.40. The van der Waals surface area contributed by atoms with E-state index < -0.39 is 95.7 Å². The topological polar surface area (TPSA) is 475 Å². The summed E-state index contributed by atoms with van der Waals surface area (Å²) in [4.78, 5) is 107.